The topological polar surface area (TPSA) is 34.6 Å². The lowest BCUT2D eigenvalue weighted by Gasteiger charge is -2.21. The number of aromatic nitrogens is 1. The van der Waals surface area contributed by atoms with Crippen molar-refractivity contribution >= 4 is 5.69 Å². The van der Waals surface area contributed by atoms with Gasteiger partial charge in [-0.1, -0.05) is 6.07 Å². The van der Waals surface area contributed by atoms with Gasteiger partial charge in [-0.25, -0.2) is 0 Å². The molecule has 0 spiro atoms. The van der Waals surface area contributed by atoms with Crippen molar-refractivity contribution in [2.24, 2.45) is 0 Å². The van der Waals surface area contributed by atoms with Gasteiger partial charge in [-0.2, -0.15) is 0 Å². The smallest absolute Gasteiger partial charge is 0.163 e. The van der Waals surface area contributed by atoms with Gasteiger partial charge in [0.25, 0.3) is 0 Å². The average Bonchev–Trinajstić information content (AvgIpc) is 3.23. The molecule has 23 heavy (non-hydrogen) atoms. The molecular formula is C19H22N2O2. The molecule has 0 N–H and O–H groups in total. The number of fused-ring (bicyclic) bond motifs is 1. The molecule has 4 rings (SSSR count). The number of hydrogen-bond acceptors (Lipinski definition) is 4. The molecule has 2 aromatic rings. The van der Waals surface area contributed by atoms with Gasteiger partial charge in [-0.15, -0.1) is 0 Å². The van der Waals surface area contributed by atoms with Gasteiger partial charge in [0.1, 0.15) is 0 Å². The maximum Gasteiger partial charge on any atom is 0.163 e. The summed E-state index contributed by atoms with van der Waals surface area (Å²) >= 11 is 0. The largest absolute Gasteiger partial charge is 0.493 e. The lowest BCUT2D eigenvalue weighted by molar-refractivity contribution is 0.201. The number of ether oxygens (including phenoxy) is 2. The Morgan fingerprint density at radius 1 is 1.09 bits per heavy atom. The number of methoxy groups -OCH3 is 1. The van der Waals surface area contributed by atoms with Crippen LogP contribution in [0.3, 0.4) is 0 Å². The fraction of sp³-hybridized carbons (Fsp3) is 0.421. The molecule has 1 fully saturated rings. The monoisotopic (exact) mass is 310 g/mol. The van der Waals surface area contributed by atoms with Crippen LogP contribution in [0, 0.1) is 0 Å². The fourth-order valence-electron chi connectivity index (χ4n) is 3.52. The third-order valence-corrected chi connectivity index (χ3v) is 4.79. The number of pyridine rings is 1. The van der Waals surface area contributed by atoms with Crippen LogP contribution in [0.25, 0.3) is 0 Å². The molecule has 4 heteroatoms. The normalized spacial score (nSPS) is 17.3. The van der Waals surface area contributed by atoms with Crippen molar-refractivity contribution in [1.29, 1.82) is 0 Å². The van der Waals surface area contributed by atoms with Gasteiger partial charge in [-0.3, -0.25) is 4.98 Å². The van der Waals surface area contributed by atoms with E-state index in [0.29, 0.717) is 6.10 Å². The summed E-state index contributed by atoms with van der Waals surface area (Å²) in [6.45, 7) is 1.75. The van der Waals surface area contributed by atoms with Gasteiger partial charge >= 0.3 is 0 Å². The molecule has 1 aromatic heterocycles. The van der Waals surface area contributed by atoms with Crippen LogP contribution < -0.4 is 14.4 Å². The molecule has 1 aromatic carbocycles. The zero-order valence-corrected chi connectivity index (χ0v) is 13.5. The van der Waals surface area contributed by atoms with Crippen molar-refractivity contribution in [3.63, 3.8) is 0 Å². The molecule has 0 bridgehead atoms. The Morgan fingerprint density at radius 3 is 2.74 bits per heavy atom. The molecule has 120 valence electrons. The molecule has 1 saturated carbocycles. The zero-order chi connectivity index (χ0) is 15.6. The van der Waals surface area contributed by atoms with Gasteiger partial charge in [-0.05, 0) is 49.4 Å². The van der Waals surface area contributed by atoms with Gasteiger partial charge in [0.05, 0.1) is 25.5 Å². The van der Waals surface area contributed by atoms with Gasteiger partial charge in [0, 0.05) is 24.5 Å². The van der Waals surface area contributed by atoms with Crippen molar-refractivity contribution in [3.8, 4) is 11.5 Å². The Bertz CT molecular complexity index is 671. The first kappa shape index (κ1) is 14.4. The Kier molecular flexibility index (Phi) is 3.82. The summed E-state index contributed by atoms with van der Waals surface area (Å²) in [7, 11) is 1.70. The van der Waals surface area contributed by atoms with Crippen LogP contribution in [0.4, 0.5) is 5.69 Å². The first-order valence-corrected chi connectivity index (χ1v) is 8.36. The highest BCUT2D eigenvalue weighted by molar-refractivity contribution is 5.58. The summed E-state index contributed by atoms with van der Waals surface area (Å²) in [5.41, 5.74) is 3.64. The maximum absolute atomic E-state index is 6.21. The molecule has 2 aliphatic rings. The molecule has 0 unspecified atom stereocenters. The van der Waals surface area contributed by atoms with E-state index in [0.717, 1.165) is 43.1 Å². The number of benzene rings is 1. The van der Waals surface area contributed by atoms with E-state index in [9.17, 15) is 0 Å². The standard InChI is InChI=1S/C19H22N2O2/c1-22-18-9-8-15(11-19(18)23-16-6-2-3-7-16)21-12-14-5-4-10-20-17(14)13-21/h4-5,8-11,16H,2-3,6-7,12-13H2,1H3. The first-order valence-electron chi connectivity index (χ1n) is 8.36. The number of hydrogen-bond donors (Lipinski definition) is 0. The molecule has 4 nitrogen and oxygen atoms in total. The quantitative estimate of drug-likeness (QED) is 0.857. The van der Waals surface area contributed by atoms with Crippen LogP contribution in [0.15, 0.2) is 36.5 Å². The molecule has 0 saturated heterocycles. The van der Waals surface area contributed by atoms with E-state index < -0.39 is 0 Å². The van der Waals surface area contributed by atoms with Crippen molar-refractivity contribution in [2.75, 3.05) is 12.0 Å². The molecule has 1 aliphatic carbocycles. The average molecular weight is 310 g/mol. The predicted molar refractivity (Wildman–Crippen MR) is 90.0 cm³/mol. The summed E-state index contributed by atoms with van der Waals surface area (Å²) in [5.74, 6) is 1.68. The highest BCUT2D eigenvalue weighted by atomic mass is 16.5. The lowest BCUT2D eigenvalue weighted by Crippen LogP contribution is -2.16. The van der Waals surface area contributed by atoms with Crippen LogP contribution in [0.5, 0.6) is 11.5 Å². The lowest BCUT2D eigenvalue weighted by atomic mass is 10.2. The Balaban J connectivity index is 1.57. The van der Waals surface area contributed by atoms with E-state index in [1.54, 1.807) is 7.11 Å². The summed E-state index contributed by atoms with van der Waals surface area (Å²) in [6.07, 6.45) is 7.01. The first-order chi connectivity index (χ1) is 11.3. The summed E-state index contributed by atoms with van der Waals surface area (Å²) in [6, 6.07) is 10.4. The minimum atomic E-state index is 0.330. The predicted octanol–water partition coefficient (Wildman–Crippen LogP) is 3.93. The maximum atomic E-state index is 6.21. The molecular weight excluding hydrogens is 288 g/mol. The molecule has 2 heterocycles. The Morgan fingerprint density at radius 2 is 1.96 bits per heavy atom. The second-order valence-electron chi connectivity index (χ2n) is 6.32. The molecule has 0 radical (unpaired) electrons. The van der Waals surface area contributed by atoms with Gasteiger partial charge in [0.15, 0.2) is 11.5 Å². The second-order valence-corrected chi connectivity index (χ2v) is 6.32. The van der Waals surface area contributed by atoms with Crippen LogP contribution >= 0.6 is 0 Å². The van der Waals surface area contributed by atoms with E-state index in [1.165, 1.54) is 24.1 Å². The SMILES string of the molecule is COc1ccc(N2Cc3cccnc3C2)cc1OC1CCCC1. The highest BCUT2D eigenvalue weighted by Gasteiger charge is 2.23. The highest BCUT2D eigenvalue weighted by Crippen LogP contribution is 2.37. The third kappa shape index (κ3) is 2.85. The summed E-state index contributed by atoms with van der Waals surface area (Å²) in [5, 5.41) is 0. The van der Waals surface area contributed by atoms with E-state index in [-0.39, 0.29) is 0 Å². The molecule has 1 aliphatic heterocycles. The number of anilines is 1. The van der Waals surface area contributed by atoms with E-state index in [4.69, 9.17) is 9.47 Å². The number of rotatable bonds is 4. The summed E-state index contributed by atoms with van der Waals surface area (Å²) in [4.78, 5) is 6.81. The van der Waals surface area contributed by atoms with Crippen LogP contribution in [-0.2, 0) is 13.1 Å². The zero-order valence-electron chi connectivity index (χ0n) is 13.5. The second kappa shape index (κ2) is 6.11. The minimum Gasteiger partial charge on any atom is -0.493 e. The van der Waals surface area contributed by atoms with E-state index in [2.05, 4.69) is 28.1 Å². The van der Waals surface area contributed by atoms with Gasteiger partial charge < -0.3 is 14.4 Å². The van der Waals surface area contributed by atoms with Gasteiger partial charge in [0.2, 0.25) is 0 Å². The fourth-order valence-corrected chi connectivity index (χ4v) is 3.52. The number of nitrogens with zero attached hydrogens (tertiary/aromatic N) is 2. The summed E-state index contributed by atoms with van der Waals surface area (Å²) < 4.78 is 11.7. The van der Waals surface area contributed by atoms with Crippen molar-refractivity contribution in [2.45, 2.75) is 44.9 Å². The van der Waals surface area contributed by atoms with Crippen LogP contribution in [0.1, 0.15) is 36.9 Å². The minimum absolute atomic E-state index is 0.330. The molecule has 0 amide bonds. The Hall–Kier alpha value is -2.23. The van der Waals surface area contributed by atoms with E-state index >= 15 is 0 Å². The molecule has 0 atom stereocenters. The van der Waals surface area contributed by atoms with E-state index in [1.807, 2.05) is 18.3 Å². The van der Waals surface area contributed by atoms with Crippen molar-refractivity contribution in [3.05, 3.63) is 47.8 Å². The van der Waals surface area contributed by atoms with Crippen LogP contribution in [-0.4, -0.2) is 18.2 Å². The van der Waals surface area contributed by atoms with Crippen molar-refractivity contribution < 1.29 is 9.47 Å². The van der Waals surface area contributed by atoms with Crippen molar-refractivity contribution in [1.82, 2.24) is 4.98 Å². The third-order valence-electron chi connectivity index (χ3n) is 4.79. The van der Waals surface area contributed by atoms with Crippen LogP contribution in [0.2, 0.25) is 0 Å². The Labute approximate surface area is 137 Å².